The van der Waals surface area contributed by atoms with Gasteiger partial charge in [0.25, 0.3) is 0 Å². The van der Waals surface area contributed by atoms with Crippen molar-refractivity contribution in [2.24, 2.45) is 0 Å². The van der Waals surface area contributed by atoms with Gasteiger partial charge in [0, 0.05) is 13.1 Å². The first-order chi connectivity index (χ1) is 7.47. The lowest BCUT2D eigenvalue weighted by Crippen LogP contribution is -2.22. The normalized spacial score (nSPS) is 21.5. The third-order valence-electron chi connectivity index (χ3n) is 2.48. The zero-order valence-corrected chi connectivity index (χ0v) is 9.09. The Balaban J connectivity index is 2.23. The molecule has 88 valence electrons. The second-order valence-corrected chi connectivity index (χ2v) is 4.33. The Morgan fingerprint density at radius 1 is 1.38 bits per heavy atom. The summed E-state index contributed by atoms with van der Waals surface area (Å²) in [6, 6.07) is 3.91. The van der Waals surface area contributed by atoms with E-state index in [1.165, 1.54) is 6.07 Å². The summed E-state index contributed by atoms with van der Waals surface area (Å²) in [6.07, 6.45) is -3.62. The maximum absolute atomic E-state index is 12.4. The standard InChI is InChI=1S/C10H10ClF3N2/c11-7-4-5-16(6-7)9-3-1-2-8(15-9)10(12,13)14/h1-3,7H,4-6H2. The second-order valence-electron chi connectivity index (χ2n) is 3.71. The van der Waals surface area contributed by atoms with Gasteiger partial charge in [0.05, 0.1) is 5.38 Å². The van der Waals surface area contributed by atoms with Crippen LogP contribution in [0, 0.1) is 0 Å². The highest BCUT2D eigenvalue weighted by molar-refractivity contribution is 6.21. The molecular formula is C10H10ClF3N2. The number of anilines is 1. The molecule has 6 heteroatoms. The number of alkyl halides is 4. The van der Waals surface area contributed by atoms with Gasteiger partial charge in [-0.25, -0.2) is 4.98 Å². The number of aromatic nitrogens is 1. The van der Waals surface area contributed by atoms with Crippen molar-refractivity contribution < 1.29 is 13.2 Å². The van der Waals surface area contributed by atoms with E-state index in [0.29, 0.717) is 18.9 Å². The van der Waals surface area contributed by atoms with Gasteiger partial charge in [-0.1, -0.05) is 6.07 Å². The van der Waals surface area contributed by atoms with Crippen LogP contribution in [0.1, 0.15) is 12.1 Å². The number of pyridine rings is 1. The fraction of sp³-hybridized carbons (Fsp3) is 0.500. The Morgan fingerprint density at radius 3 is 2.69 bits per heavy atom. The second kappa shape index (κ2) is 4.13. The highest BCUT2D eigenvalue weighted by atomic mass is 35.5. The highest BCUT2D eigenvalue weighted by Gasteiger charge is 2.33. The van der Waals surface area contributed by atoms with Crippen molar-refractivity contribution in [2.75, 3.05) is 18.0 Å². The van der Waals surface area contributed by atoms with Crippen LogP contribution in [0.25, 0.3) is 0 Å². The van der Waals surface area contributed by atoms with Crippen molar-refractivity contribution in [1.29, 1.82) is 0 Å². The maximum atomic E-state index is 12.4. The first-order valence-electron chi connectivity index (χ1n) is 4.90. The molecule has 1 fully saturated rings. The van der Waals surface area contributed by atoms with Crippen molar-refractivity contribution in [3.8, 4) is 0 Å². The first-order valence-corrected chi connectivity index (χ1v) is 5.34. The Kier molecular flexibility index (Phi) is 2.97. The molecule has 0 saturated carbocycles. The first kappa shape index (κ1) is 11.5. The van der Waals surface area contributed by atoms with Gasteiger partial charge in [-0.05, 0) is 18.6 Å². The molecule has 0 spiro atoms. The van der Waals surface area contributed by atoms with Crippen LogP contribution in [0.3, 0.4) is 0 Å². The minimum absolute atomic E-state index is 0.00339. The average molecular weight is 251 g/mol. The van der Waals surface area contributed by atoms with Crippen LogP contribution in [0.5, 0.6) is 0 Å². The van der Waals surface area contributed by atoms with Gasteiger partial charge in [-0.3, -0.25) is 0 Å². The van der Waals surface area contributed by atoms with Crippen LogP contribution in [-0.2, 0) is 6.18 Å². The van der Waals surface area contributed by atoms with Gasteiger partial charge in [0.1, 0.15) is 11.5 Å². The van der Waals surface area contributed by atoms with Gasteiger partial charge in [0.2, 0.25) is 0 Å². The highest BCUT2D eigenvalue weighted by Crippen LogP contribution is 2.29. The van der Waals surface area contributed by atoms with Crippen LogP contribution in [0.4, 0.5) is 19.0 Å². The summed E-state index contributed by atoms with van der Waals surface area (Å²) in [5.41, 5.74) is -0.858. The van der Waals surface area contributed by atoms with E-state index >= 15 is 0 Å². The van der Waals surface area contributed by atoms with E-state index in [9.17, 15) is 13.2 Å². The van der Waals surface area contributed by atoms with Crippen molar-refractivity contribution in [1.82, 2.24) is 4.98 Å². The third-order valence-corrected chi connectivity index (χ3v) is 2.84. The third kappa shape index (κ3) is 2.40. The number of hydrogen-bond donors (Lipinski definition) is 0. The van der Waals surface area contributed by atoms with E-state index in [4.69, 9.17) is 11.6 Å². The van der Waals surface area contributed by atoms with Crippen LogP contribution < -0.4 is 4.90 Å². The summed E-state index contributed by atoms with van der Waals surface area (Å²) < 4.78 is 37.3. The predicted molar refractivity (Wildman–Crippen MR) is 55.7 cm³/mol. The van der Waals surface area contributed by atoms with E-state index in [2.05, 4.69) is 4.98 Å². The Hall–Kier alpha value is -0.970. The van der Waals surface area contributed by atoms with Gasteiger partial charge >= 0.3 is 6.18 Å². The molecule has 0 N–H and O–H groups in total. The summed E-state index contributed by atoms with van der Waals surface area (Å²) >= 11 is 5.89. The Labute approximate surface area is 96.0 Å². The van der Waals surface area contributed by atoms with Gasteiger partial charge in [-0.2, -0.15) is 13.2 Å². The van der Waals surface area contributed by atoms with Crippen LogP contribution in [-0.4, -0.2) is 23.5 Å². The van der Waals surface area contributed by atoms with Crippen molar-refractivity contribution in [2.45, 2.75) is 18.0 Å². The number of hydrogen-bond acceptors (Lipinski definition) is 2. The van der Waals surface area contributed by atoms with Crippen LogP contribution in [0.2, 0.25) is 0 Å². The van der Waals surface area contributed by atoms with Crippen LogP contribution >= 0.6 is 11.6 Å². The summed E-state index contributed by atoms with van der Waals surface area (Å²) in [5, 5.41) is -0.00339. The summed E-state index contributed by atoms with van der Waals surface area (Å²) in [4.78, 5) is 5.37. The number of halogens is 4. The Bertz CT molecular complexity index is 381. The minimum Gasteiger partial charge on any atom is -0.355 e. The molecule has 1 aromatic heterocycles. The Morgan fingerprint density at radius 2 is 2.12 bits per heavy atom. The molecule has 1 unspecified atom stereocenters. The molecule has 1 atom stereocenters. The lowest BCUT2D eigenvalue weighted by molar-refractivity contribution is -0.141. The zero-order chi connectivity index (χ0) is 11.8. The van der Waals surface area contributed by atoms with Crippen molar-refractivity contribution in [3.05, 3.63) is 23.9 Å². The largest absolute Gasteiger partial charge is 0.433 e. The van der Waals surface area contributed by atoms with E-state index in [0.717, 1.165) is 12.5 Å². The molecule has 0 amide bonds. The van der Waals surface area contributed by atoms with Gasteiger partial charge in [-0.15, -0.1) is 11.6 Å². The van der Waals surface area contributed by atoms with E-state index in [1.807, 2.05) is 0 Å². The molecule has 16 heavy (non-hydrogen) atoms. The topological polar surface area (TPSA) is 16.1 Å². The smallest absolute Gasteiger partial charge is 0.355 e. The maximum Gasteiger partial charge on any atom is 0.433 e. The summed E-state index contributed by atoms with van der Waals surface area (Å²) in [6.45, 7) is 1.21. The van der Waals surface area contributed by atoms with E-state index in [1.54, 1.807) is 11.0 Å². The summed E-state index contributed by atoms with van der Waals surface area (Å²) in [5.74, 6) is 0.345. The lowest BCUT2D eigenvalue weighted by Gasteiger charge is -2.17. The molecule has 2 heterocycles. The molecule has 1 aliphatic rings. The molecule has 0 bridgehead atoms. The van der Waals surface area contributed by atoms with Crippen LogP contribution in [0.15, 0.2) is 18.2 Å². The average Bonchev–Trinajstić information content (AvgIpc) is 2.64. The molecule has 1 saturated heterocycles. The molecule has 2 rings (SSSR count). The molecular weight excluding hydrogens is 241 g/mol. The van der Waals surface area contributed by atoms with Crippen molar-refractivity contribution in [3.63, 3.8) is 0 Å². The monoisotopic (exact) mass is 250 g/mol. The molecule has 1 aliphatic heterocycles. The number of nitrogens with zero attached hydrogens (tertiary/aromatic N) is 2. The van der Waals surface area contributed by atoms with Gasteiger partial charge < -0.3 is 4.90 Å². The quantitative estimate of drug-likeness (QED) is 0.713. The fourth-order valence-electron chi connectivity index (χ4n) is 1.68. The molecule has 0 radical (unpaired) electrons. The molecule has 2 nitrogen and oxygen atoms in total. The zero-order valence-electron chi connectivity index (χ0n) is 8.34. The fourth-order valence-corrected chi connectivity index (χ4v) is 1.95. The SMILES string of the molecule is FC(F)(F)c1cccc(N2CCC(Cl)C2)n1. The minimum atomic E-state index is -4.39. The summed E-state index contributed by atoms with van der Waals surface area (Å²) in [7, 11) is 0. The molecule has 0 aromatic carbocycles. The van der Waals surface area contributed by atoms with E-state index in [-0.39, 0.29) is 5.38 Å². The molecule has 0 aliphatic carbocycles. The van der Waals surface area contributed by atoms with Gasteiger partial charge in [0.15, 0.2) is 0 Å². The lowest BCUT2D eigenvalue weighted by atomic mass is 10.3. The number of rotatable bonds is 1. The predicted octanol–water partition coefficient (Wildman–Crippen LogP) is 2.92. The molecule has 1 aromatic rings. The van der Waals surface area contributed by atoms with Crippen molar-refractivity contribution >= 4 is 17.4 Å². The van der Waals surface area contributed by atoms with E-state index < -0.39 is 11.9 Å².